The van der Waals surface area contributed by atoms with Gasteiger partial charge in [-0.05, 0) is 125 Å². The Morgan fingerprint density at radius 2 is 1.69 bits per heavy atom. The van der Waals surface area contributed by atoms with Gasteiger partial charge in [0.15, 0.2) is 5.78 Å². The molecule has 11 nitrogen and oxygen atoms in total. The summed E-state index contributed by atoms with van der Waals surface area (Å²) in [6, 6.07) is 0. The number of aliphatic hydroxyl groups is 1. The van der Waals surface area contributed by atoms with Gasteiger partial charge >= 0.3 is 11.9 Å². The highest BCUT2D eigenvalue weighted by Crippen LogP contribution is 2.77. The molecule has 0 saturated heterocycles. The lowest BCUT2D eigenvalue weighted by molar-refractivity contribution is -0.235. The number of carboxylic acids is 1. The van der Waals surface area contributed by atoms with E-state index in [1.165, 1.54) is 12.0 Å². The van der Waals surface area contributed by atoms with E-state index in [1.54, 1.807) is 13.8 Å². The summed E-state index contributed by atoms with van der Waals surface area (Å²) in [6.45, 7) is 22.0. The fraction of sp³-hybridized carbons (Fsp3) is 0.841. The van der Waals surface area contributed by atoms with Crippen molar-refractivity contribution < 1.29 is 33.8 Å². The number of fused-ring (bicyclic) bond motifs is 7. The zero-order chi connectivity index (χ0) is 40.5. The van der Waals surface area contributed by atoms with E-state index in [-0.39, 0.29) is 51.8 Å². The minimum absolute atomic E-state index is 0.0276. The molecule has 0 amide bonds. The summed E-state index contributed by atoms with van der Waals surface area (Å²) >= 11 is 0. The molecule has 0 radical (unpaired) electrons. The molecule has 2 N–H and O–H groups in total. The first-order chi connectivity index (χ1) is 25.5. The summed E-state index contributed by atoms with van der Waals surface area (Å²) in [5.74, 6) is 0.443. The molecule has 1 heterocycles. The maximum absolute atomic E-state index is 14.2. The second-order valence-corrected chi connectivity index (χ2v) is 20.9. The number of esters is 1. The second-order valence-electron chi connectivity index (χ2n) is 20.9. The summed E-state index contributed by atoms with van der Waals surface area (Å²) in [5, 5.41) is 30.2. The predicted octanol–water partition coefficient (Wildman–Crippen LogP) is 7.19. The molecule has 0 aromatic carbocycles. The van der Waals surface area contributed by atoms with Crippen LogP contribution >= 0.6 is 0 Å². The lowest BCUT2D eigenvalue weighted by Gasteiger charge is -2.72. The maximum Gasteiger partial charge on any atom is 0.309 e. The van der Waals surface area contributed by atoms with Crippen LogP contribution in [0.25, 0.3) is 0 Å². The molecule has 1 aromatic rings. The van der Waals surface area contributed by atoms with E-state index in [4.69, 9.17) is 9.15 Å². The zero-order valence-electron chi connectivity index (χ0n) is 35.7. The number of Topliss-reactive ketones (excluding diaryl/α,β-unsaturated/α-hetero) is 1. The molecule has 0 bridgehead atoms. The molecule has 4 saturated carbocycles. The van der Waals surface area contributed by atoms with Crippen LogP contribution in [0.15, 0.2) is 22.0 Å². The molecule has 9 atom stereocenters. The molecule has 6 rings (SSSR count). The highest BCUT2D eigenvalue weighted by atomic mass is 16.5. The van der Waals surface area contributed by atoms with Gasteiger partial charge in [0.05, 0.1) is 24.5 Å². The second kappa shape index (κ2) is 14.6. The number of aliphatic carboxylic acids is 1. The van der Waals surface area contributed by atoms with Crippen LogP contribution in [0.1, 0.15) is 132 Å². The highest BCUT2D eigenvalue weighted by Gasteiger charge is 2.71. The molecule has 0 unspecified atom stereocenters. The molecule has 5 aliphatic rings. The average molecular weight is 767 g/mol. The standard InChI is InChI=1S/C44H70N4O7/c1-27(2)36-29(49)22-44(32(50)24-48(21-20-47(10)11)25-34-46-45-26-54-34)19-18-42(8)28(37(36)44)12-13-31-41(7)16-15-33(55-35(51)23-39(3,4)38(52)53)40(5,6)30(41)14-17-43(31,42)9/h26-28,30-33,50H,12-25H2,1-11H3,(H,52,53)/t28-,30+,31-,32+,33+,41+,42-,43-,44+/m1/s1. The van der Waals surface area contributed by atoms with E-state index in [1.807, 2.05) is 14.1 Å². The first kappa shape index (κ1) is 42.0. The maximum atomic E-state index is 14.2. The molecule has 5 aliphatic carbocycles. The Kier molecular flexibility index (Phi) is 11.2. The van der Waals surface area contributed by atoms with Crippen LogP contribution < -0.4 is 0 Å². The van der Waals surface area contributed by atoms with Crippen LogP contribution in [0.4, 0.5) is 0 Å². The van der Waals surface area contributed by atoms with Gasteiger partial charge in [-0.2, -0.15) is 0 Å². The average Bonchev–Trinajstić information content (AvgIpc) is 3.70. The number of rotatable bonds is 13. The van der Waals surface area contributed by atoms with E-state index in [9.17, 15) is 24.6 Å². The van der Waals surface area contributed by atoms with Gasteiger partial charge in [-0.25, -0.2) is 0 Å². The number of hydrogen-bond acceptors (Lipinski definition) is 10. The number of carboxylic acid groups (broad SMARTS) is 1. The number of ether oxygens (including phenoxy) is 1. The summed E-state index contributed by atoms with van der Waals surface area (Å²) < 4.78 is 11.7. The number of hydrogen-bond donors (Lipinski definition) is 2. The van der Waals surface area contributed by atoms with Crippen LogP contribution in [0.2, 0.25) is 0 Å². The van der Waals surface area contributed by atoms with Crippen molar-refractivity contribution in [3.63, 3.8) is 0 Å². The molecule has 11 heteroatoms. The number of ketones is 1. The quantitative estimate of drug-likeness (QED) is 0.197. The summed E-state index contributed by atoms with van der Waals surface area (Å²) in [5.41, 5.74) is 0.256. The van der Waals surface area contributed by atoms with Gasteiger partial charge in [0.2, 0.25) is 12.3 Å². The molecule has 1 aromatic heterocycles. The third-order valence-corrected chi connectivity index (χ3v) is 16.6. The summed E-state index contributed by atoms with van der Waals surface area (Å²) in [7, 11) is 4.09. The topological polar surface area (TPSA) is 146 Å². The third kappa shape index (κ3) is 6.93. The van der Waals surface area contributed by atoms with Gasteiger partial charge in [-0.1, -0.05) is 54.0 Å². The monoisotopic (exact) mass is 767 g/mol. The van der Waals surface area contributed by atoms with Gasteiger partial charge in [-0.3, -0.25) is 19.3 Å². The van der Waals surface area contributed by atoms with Crippen molar-refractivity contribution in [2.24, 2.45) is 56.2 Å². The Bertz CT molecular complexity index is 1650. The van der Waals surface area contributed by atoms with Gasteiger partial charge in [-0.15, -0.1) is 10.2 Å². The molecule has 0 aliphatic heterocycles. The minimum Gasteiger partial charge on any atom is -0.481 e. The fourth-order valence-corrected chi connectivity index (χ4v) is 13.4. The lowest BCUT2D eigenvalue weighted by Crippen LogP contribution is -2.66. The minimum atomic E-state index is -1.17. The van der Waals surface area contributed by atoms with Crippen LogP contribution in [0, 0.1) is 56.2 Å². The Balaban J connectivity index is 1.28. The van der Waals surface area contributed by atoms with Gasteiger partial charge < -0.3 is 24.3 Å². The van der Waals surface area contributed by atoms with Crippen LogP contribution in [0.5, 0.6) is 0 Å². The number of nitrogens with zero attached hydrogens (tertiary/aromatic N) is 4. The Hall–Kier alpha value is -2.63. The number of likely N-dealkylation sites (N-methyl/N-ethyl adjacent to an activating group) is 1. The predicted molar refractivity (Wildman–Crippen MR) is 209 cm³/mol. The van der Waals surface area contributed by atoms with Crippen LogP contribution in [-0.4, -0.2) is 93.9 Å². The summed E-state index contributed by atoms with van der Waals surface area (Å²) in [4.78, 5) is 43.5. The van der Waals surface area contributed by atoms with E-state index >= 15 is 0 Å². The van der Waals surface area contributed by atoms with Crippen molar-refractivity contribution in [2.45, 2.75) is 145 Å². The molecule has 0 spiro atoms. The zero-order valence-corrected chi connectivity index (χ0v) is 35.7. The number of aromatic nitrogens is 2. The molecular weight excluding hydrogens is 697 g/mol. The van der Waals surface area contributed by atoms with Crippen molar-refractivity contribution in [1.82, 2.24) is 20.0 Å². The van der Waals surface area contributed by atoms with Gasteiger partial charge in [0, 0.05) is 36.9 Å². The molecule has 308 valence electrons. The Morgan fingerprint density at radius 1 is 0.982 bits per heavy atom. The first-order valence-electron chi connectivity index (χ1n) is 21.0. The van der Waals surface area contributed by atoms with Crippen molar-refractivity contribution in [1.29, 1.82) is 0 Å². The Labute approximate surface area is 329 Å². The van der Waals surface area contributed by atoms with E-state index < -0.39 is 28.9 Å². The normalized spacial score (nSPS) is 36.4. The fourth-order valence-electron chi connectivity index (χ4n) is 13.4. The van der Waals surface area contributed by atoms with Gasteiger partial charge in [0.25, 0.3) is 0 Å². The van der Waals surface area contributed by atoms with Crippen LogP contribution in [-0.2, 0) is 25.7 Å². The van der Waals surface area contributed by atoms with E-state index in [0.29, 0.717) is 37.2 Å². The number of aliphatic hydroxyl groups excluding tert-OH is 1. The van der Waals surface area contributed by atoms with Crippen molar-refractivity contribution >= 4 is 17.7 Å². The number of carbonyl (C=O) groups is 3. The van der Waals surface area contributed by atoms with Crippen molar-refractivity contribution in [3.8, 4) is 0 Å². The van der Waals surface area contributed by atoms with E-state index in [0.717, 1.165) is 70.0 Å². The third-order valence-electron chi connectivity index (χ3n) is 16.6. The Morgan fingerprint density at radius 3 is 2.31 bits per heavy atom. The van der Waals surface area contributed by atoms with Crippen molar-refractivity contribution in [2.75, 3.05) is 33.7 Å². The highest BCUT2D eigenvalue weighted by molar-refractivity contribution is 6.00. The lowest BCUT2D eigenvalue weighted by atomic mass is 9.33. The van der Waals surface area contributed by atoms with Gasteiger partial charge in [0.1, 0.15) is 6.10 Å². The molecule has 4 fully saturated rings. The summed E-state index contributed by atoms with van der Waals surface area (Å²) in [6.07, 6.45) is 8.28. The SMILES string of the molecule is CC(C)C1=C2[C@H]3CC[C@@H]4[C@@]5(C)CC[C@H](OC(=O)CC(C)(C)C(=O)O)C(C)(C)[C@@H]5CC[C@@]4(C)[C@]3(C)CC[C@@]2([C@@H](O)CN(CCN(C)C)Cc2nnco2)CC1=O. The molecule has 55 heavy (non-hydrogen) atoms. The van der Waals surface area contributed by atoms with Crippen molar-refractivity contribution in [3.05, 3.63) is 23.4 Å². The van der Waals surface area contributed by atoms with E-state index in [2.05, 4.69) is 68.5 Å². The largest absolute Gasteiger partial charge is 0.481 e. The van der Waals surface area contributed by atoms with Crippen LogP contribution in [0.3, 0.4) is 0 Å². The first-order valence-corrected chi connectivity index (χ1v) is 21.0. The molecular formula is C44H70N4O7. The smallest absolute Gasteiger partial charge is 0.309 e. The number of carbonyl (C=O) groups excluding carboxylic acids is 2. The number of allylic oxidation sites excluding steroid dienone is 1.